The summed E-state index contributed by atoms with van der Waals surface area (Å²) < 4.78 is 26.5. The molecule has 1 heterocycles. The van der Waals surface area contributed by atoms with Crippen molar-refractivity contribution in [1.29, 1.82) is 5.26 Å². The van der Waals surface area contributed by atoms with Gasteiger partial charge in [-0.3, -0.25) is 9.52 Å². The summed E-state index contributed by atoms with van der Waals surface area (Å²) in [6, 6.07) is 6.04. The Labute approximate surface area is 123 Å². The Balaban J connectivity index is 2.39. The summed E-state index contributed by atoms with van der Waals surface area (Å²) in [4.78, 5) is 13.1. The minimum Gasteiger partial charge on any atom is -0.315 e. The number of sulfonamides is 1. The van der Waals surface area contributed by atoms with Crippen molar-refractivity contribution in [3.05, 3.63) is 44.1 Å². The third-order valence-electron chi connectivity index (χ3n) is 2.37. The van der Waals surface area contributed by atoms with Crippen molar-refractivity contribution in [3.63, 3.8) is 0 Å². The SMILES string of the molecule is Cc1[nH]c(=O)sc1S(=O)(=O)Nc1ccc(C#N)c(Cl)c1. The normalized spacial score (nSPS) is 11.1. The van der Waals surface area contributed by atoms with E-state index >= 15 is 0 Å². The zero-order chi connectivity index (χ0) is 14.9. The molecule has 0 radical (unpaired) electrons. The molecule has 0 unspecified atom stereocenters. The summed E-state index contributed by atoms with van der Waals surface area (Å²) in [5, 5.41) is 8.89. The Hall–Kier alpha value is -1.82. The second-order valence-corrected chi connectivity index (χ2v) is 7.11. The predicted molar refractivity (Wildman–Crippen MR) is 76.7 cm³/mol. The third kappa shape index (κ3) is 2.85. The highest BCUT2D eigenvalue weighted by Crippen LogP contribution is 2.24. The van der Waals surface area contributed by atoms with Crippen molar-refractivity contribution in [1.82, 2.24) is 4.98 Å². The number of benzene rings is 1. The topological polar surface area (TPSA) is 103 Å². The van der Waals surface area contributed by atoms with Gasteiger partial charge in [0.1, 0.15) is 6.07 Å². The molecule has 0 bridgehead atoms. The number of nitrogens with zero attached hydrogens (tertiary/aromatic N) is 1. The molecule has 1 aromatic heterocycles. The predicted octanol–water partition coefficient (Wildman–Crippen LogP) is 2.07. The quantitative estimate of drug-likeness (QED) is 0.899. The molecule has 104 valence electrons. The summed E-state index contributed by atoms with van der Waals surface area (Å²) in [5.41, 5.74) is 0.735. The van der Waals surface area contributed by atoms with E-state index in [0.29, 0.717) is 11.3 Å². The smallest absolute Gasteiger partial charge is 0.306 e. The van der Waals surface area contributed by atoms with Crippen molar-refractivity contribution in [2.24, 2.45) is 0 Å². The maximum Gasteiger partial charge on any atom is 0.306 e. The average Bonchev–Trinajstić information content (AvgIpc) is 2.69. The van der Waals surface area contributed by atoms with Crippen LogP contribution in [0.3, 0.4) is 0 Å². The molecule has 2 aromatic rings. The van der Waals surface area contributed by atoms with E-state index in [9.17, 15) is 13.2 Å². The molecule has 0 amide bonds. The van der Waals surface area contributed by atoms with Crippen molar-refractivity contribution in [2.75, 3.05) is 4.72 Å². The van der Waals surface area contributed by atoms with Crippen LogP contribution in [0.15, 0.2) is 27.2 Å². The van der Waals surface area contributed by atoms with Crippen LogP contribution in [-0.4, -0.2) is 13.4 Å². The van der Waals surface area contributed by atoms with Gasteiger partial charge in [0.15, 0.2) is 4.21 Å². The minimum atomic E-state index is -3.86. The van der Waals surface area contributed by atoms with Crippen LogP contribution >= 0.6 is 22.9 Å². The number of aryl methyl sites for hydroxylation is 1. The van der Waals surface area contributed by atoms with E-state index in [1.54, 1.807) is 0 Å². The maximum absolute atomic E-state index is 12.1. The average molecular weight is 330 g/mol. The van der Waals surface area contributed by atoms with Gasteiger partial charge in [-0.15, -0.1) is 0 Å². The number of H-pyrrole nitrogens is 1. The van der Waals surface area contributed by atoms with E-state index in [1.807, 2.05) is 6.07 Å². The lowest BCUT2D eigenvalue weighted by Crippen LogP contribution is -2.12. The molecular weight excluding hydrogens is 322 g/mol. The summed E-state index contributed by atoms with van der Waals surface area (Å²) in [5.74, 6) is 0. The van der Waals surface area contributed by atoms with Gasteiger partial charge in [0.2, 0.25) is 0 Å². The van der Waals surface area contributed by atoms with Gasteiger partial charge in [-0.2, -0.15) is 5.26 Å². The maximum atomic E-state index is 12.1. The Kier molecular flexibility index (Phi) is 3.85. The first-order chi connectivity index (χ1) is 9.33. The fourth-order valence-electron chi connectivity index (χ4n) is 1.52. The number of rotatable bonds is 3. The number of aromatic amines is 1. The summed E-state index contributed by atoms with van der Waals surface area (Å²) >= 11 is 6.43. The lowest BCUT2D eigenvalue weighted by atomic mass is 10.2. The molecule has 1 aromatic carbocycles. The van der Waals surface area contributed by atoms with Gasteiger partial charge < -0.3 is 4.98 Å². The largest absolute Gasteiger partial charge is 0.315 e. The summed E-state index contributed by atoms with van der Waals surface area (Å²) in [7, 11) is -3.86. The highest BCUT2D eigenvalue weighted by atomic mass is 35.5. The number of aromatic nitrogens is 1. The van der Waals surface area contributed by atoms with Gasteiger partial charge in [0, 0.05) is 5.69 Å². The second-order valence-electron chi connectivity index (χ2n) is 3.84. The van der Waals surface area contributed by atoms with Crippen LogP contribution in [0.5, 0.6) is 0 Å². The molecule has 0 aliphatic carbocycles. The molecule has 20 heavy (non-hydrogen) atoms. The highest BCUT2D eigenvalue weighted by Gasteiger charge is 2.20. The van der Waals surface area contributed by atoms with Crippen LogP contribution in [0, 0.1) is 18.3 Å². The molecule has 0 fully saturated rings. The van der Waals surface area contributed by atoms with Crippen LogP contribution in [0.2, 0.25) is 5.02 Å². The molecule has 2 rings (SSSR count). The fourth-order valence-corrected chi connectivity index (χ4v) is 4.09. The van der Waals surface area contributed by atoms with E-state index in [4.69, 9.17) is 16.9 Å². The van der Waals surface area contributed by atoms with E-state index in [-0.39, 0.29) is 26.2 Å². The van der Waals surface area contributed by atoms with Crippen LogP contribution in [0.4, 0.5) is 5.69 Å². The Bertz CT molecular complexity index is 862. The van der Waals surface area contributed by atoms with Gasteiger partial charge in [-0.1, -0.05) is 22.9 Å². The van der Waals surface area contributed by atoms with Gasteiger partial charge >= 0.3 is 4.87 Å². The van der Waals surface area contributed by atoms with Gasteiger partial charge in [-0.05, 0) is 25.1 Å². The standard InChI is InChI=1S/C11H8ClN3O3S2/c1-6-10(19-11(16)14-6)20(17,18)15-8-3-2-7(5-13)9(12)4-8/h2-4,15H,1H3,(H,14,16). The molecule has 0 aliphatic heterocycles. The van der Waals surface area contributed by atoms with Crippen LogP contribution in [-0.2, 0) is 10.0 Å². The van der Waals surface area contributed by atoms with Gasteiger partial charge in [0.05, 0.1) is 16.3 Å². The lowest BCUT2D eigenvalue weighted by Gasteiger charge is -2.07. The van der Waals surface area contributed by atoms with Crippen molar-refractivity contribution < 1.29 is 8.42 Å². The monoisotopic (exact) mass is 329 g/mol. The Morgan fingerprint density at radius 1 is 1.45 bits per heavy atom. The number of halogens is 1. The highest BCUT2D eigenvalue weighted by molar-refractivity contribution is 7.94. The van der Waals surface area contributed by atoms with Crippen molar-refractivity contribution >= 4 is 38.6 Å². The summed E-state index contributed by atoms with van der Waals surface area (Å²) in [6.07, 6.45) is 0. The number of hydrogen-bond acceptors (Lipinski definition) is 5. The molecule has 0 saturated heterocycles. The minimum absolute atomic E-state index is 0.0806. The van der Waals surface area contributed by atoms with E-state index in [2.05, 4.69) is 9.71 Å². The molecule has 9 heteroatoms. The molecule has 2 N–H and O–H groups in total. The molecule has 0 spiro atoms. The molecule has 0 saturated carbocycles. The molecular formula is C11H8ClN3O3S2. The van der Waals surface area contributed by atoms with E-state index in [0.717, 1.165) is 0 Å². The molecule has 6 nitrogen and oxygen atoms in total. The van der Waals surface area contributed by atoms with E-state index < -0.39 is 14.9 Å². The zero-order valence-electron chi connectivity index (χ0n) is 10.1. The number of anilines is 1. The third-order valence-corrected chi connectivity index (χ3v) is 5.67. The fraction of sp³-hybridized carbons (Fsp3) is 0.0909. The number of nitrogens with one attached hydrogen (secondary N) is 2. The second kappa shape index (κ2) is 5.28. The lowest BCUT2D eigenvalue weighted by molar-refractivity contribution is 0.602. The van der Waals surface area contributed by atoms with Crippen LogP contribution in [0.1, 0.15) is 11.3 Å². The first-order valence-corrected chi connectivity index (χ1v) is 7.93. The first-order valence-electron chi connectivity index (χ1n) is 5.25. The van der Waals surface area contributed by atoms with Crippen LogP contribution in [0.25, 0.3) is 0 Å². The number of hydrogen-bond donors (Lipinski definition) is 2. The van der Waals surface area contributed by atoms with Gasteiger partial charge in [0.25, 0.3) is 10.0 Å². The van der Waals surface area contributed by atoms with Gasteiger partial charge in [-0.25, -0.2) is 8.42 Å². The molecule has 0 aliphatic rings. The summed E-state index contributed by atoms with van der Waals surface area (Å²) in [6.45, 7) is 1.50. The van der Waals surface area contributed by atoms with Crippen molar-refractivity contribution in [3.8, 4) is 6.07 Å². The number of nitriles is 1. The Morgan fingerprint density at radius 2 is 2.15 bits per heavy atom. The van der Waals surface area contributed by atoms with Crippen molar-refractivity contribution in [2.45, 2.75) is 11.1 Å². The number of thiazole rings is 1. The Morgan fingerprint density at radius 3 is 2.65 bits per heavy atom. The zero-order valence-corrected chi connectivity index (χ0v) is 12.5. The van der Waals surface area contributed by atoms with E-state index in [1.165, 1.54) is 25.1 Å². The molecule has 0 atom stereocenters. The van der Waals surface area contributed by atoms with Crippen LogP contribution < -0.4 is 9.60 Å². The first kappa shape index (κ1) is 14.6.